The predicted molar refractivity (Wildman–Crippen MR) is 85.2 cm³/mol. The second-order valence-electron chi connectivity index (χ2n) is 5.23. The lowest BCUT2D eigenvalue weighted by Gasteiger charge is -1.98. The van der Waals surface area contributed by atoms with Crippen LogP contribution in [0.3, 0.4) is 0 Å². The molecule has 0 N–H and O–H groups in total. The minimum Gasteiger partial charge on any atom is -0.436 e. The van der Waals surface area contributed by atoms with Gasteiger partial charge in [0, 0.05) is 23.3 Å². The maximum absolute atomic E-state index is 5.79. The normalized spacial score (nSPS) is 10.9. The van der Waals surface area contributed by atoms with Crippen molar-refractivity contribution in [2.24, 2.45) is 0 Å². The molecule has 0 aliphatic rings. The molecule has 22 heavy (non-hydrogen) atoms. The Morgan fingerprint density at radius 1 is 0.818 bits per heavy atom. The second kappa shape index (κ2) is 5.45. The average Bonchev–Trinajstić information content (AvgIpc) is 3.00. The summed E-state index contributed by atoms with van der Waals surface area (Å²) < 4.78 is 7.93. The lowest BCUT2D eigenvalue weighted by molar-refractivity contribution is -0.688. The van der Waals surface area contributed by atoms with Crippen molar-refractivity contribution >= 4 is 11.1 Å². The van der Waals surface area contributed by atoms with E-state index in [1.165, 1.54) is 5.56 Å². The number of hydrogen-bond acceptors (Lipinski definition) is 2. The van der Waals surface area contributed by atoms with Gasteiger partial charge in [-0.2, -0.15) is 0 Å². The Hall–Kier alpha value is -2.94. The van der Waals surface area contributed by atoms with Crippen molar-refractivity contribution in [3.63, 3.8) is 0 Å². The first-order valence-corrected chi connectivity index (χ1v) is 7.27. The zero-order chi connectivity index (χ0) is 14.8. The molecule has 2 heterocycles. The van der Waals surface area contributed by atoms with E-state index in [2.05, 4.69) is 46.2 Å². The lowest BCUT2D eigenvalue weighted by atomic mass is 10.2. The summed E-state index contributed by atoms with van der Waals surface area (Å²) in [5.74, 6) is 0.660. The fraction of sp³-hybridized carbons (Fsp3) is 0.0526. The van der Waals surface area contributed by atoms with Gasteiger partial charge >= 0.3 is 0 Å². The van der Waals surface area contributed by atoms with E-state index < -0.39 is 0 Å². The molecule has 3 nitrogen and oxygen atoms in total. The molecular weight excluding hydrogens is 272 g/mol. The number of nitrogens with zero attached hydrogens (tertiary/aromatic N) is 2. The van der Waals surface area contributed by atoms with Crippen LogP contribution in [0.5, 0.6) is 0 Å². The van der Waals surface area contributed by atoms with Gasteiger partial charge in [-0.15, -0.1) is 0 Å². The second-order valence-corrected chi connectivity index (χ2v) is 5.23. The topological polar surface area (TPSA) is 29.9 Å². The van der Waals surface area contributed by atoms with Gasteiger partial charge in [0.15, 0.2) is 24.5 Å². The summed E-state index contributed by atoms with van der Waals surface area (Å²) in [5, 5.41) is 0. The maximum atomic E-state index is 5.79. The highest BCUT2D eigenvalue weighted by atomic mass is 16.3. The molecule has 0 atom stereocenters. The summed E-state index contributed by atoms with van der Waals surface area (Å²) in [7, 11) is 0. The summed E-state index contributed by atoms with van der Waals surface area (Å²) in [4.78, 5) is 4.52. The molecule has 0 fully saturated rings. The molecule has 0 spiro atoms. The molecule has 3 heteroatoms. The van der Waals surface area contributed by atoms with Gasteiger partial charge in [0.1, 0.15) is 5.52 Å². The standard InChI is InChI=1S/C19H15N2O/c1-2-6-15(7-3-1)14-21-12-10-16(11-13-21)19-20-17-8-4-5-9-18(17)22-19/h1-13H,14H2/q+1. The summed E-state index contributed by atoms with van der Waals surface area (Å²) in [6.45, 7) is 0.856. The highest BCUT2D eigenvalue weighted by molar-refractivity contribution is 5.75. The smallest absolute Gasteiger partial charge is 0.227 e. The van der Waals surface area contributed by atoms with E-state index >= 15 is 0 Å². The molecule has 0 aliphatic heterocycles. The molecule has 0 unspecified atom stereocenters. The van der Waals surface area contributed by atoms with E-state index in [9.17, 15) is 0 Å². The summed E-state index contributed by atoms with van der Waals surface area (Å²) in [6.07, 6.45) is 4.11. The number of fused-ring (bicyclic) bond motifs is 1. The molecule has 0 saturated carbocycles. The Morgan fingerprint density at radius 2 is 1.55 bits per heavy atom. The van der Waals surface area contributed by atoms with E-state index in [0.29, 0.717) is 5.89 Å². The first-order valence-electron chi connectivity index (χ1n) is 7.27. The minimum atomic E-state index is 0.660. The van der Waals surface area contributed by atoms with Crippen LogP contribution in [-0.2, 0) is 6.54 Å². The van der Waals surface area contributed by atoms with E-state index in [0.717, 1.165) is 23.2 Å². The first-order chi connectivity index (χ1) is 10.9. The molecule has 2 aromatic carbocycles. The van der Waals surface area contributed by atoms with Gasteiger partial charge in [-0.05, 0) is 12.1 Å². The number of oxazole rings is 1. The Labute approximate surface area is 128 Å². The summed E-state index contributed by atoms with van der Waals surface area (Å²) in [5.41, 5.74) is 3.97. The highest BCUT2D eigenvalue weighted by Crippen LogP contribution is 2.22. The van der Waals surface area contributed by atoms with E-state index in [-0.39, 0.29) is 0 Å². The number of rotatable bonds is 3. The van der Waals surface area contributed by atoms with Crippen molar-refractivity contribution in [2.45, 2.75) is 6.54 Å². The van der Waals surface area contributed by atoms with Crippen LogP contribution in [-0.4, -0.2) is 4.98 Å². The molecule has 0 radical (unpaired) electrons. The van der Waals surface area contributed by atoms with Gasteiger partial charge in [-0.3, -0.25) is 0 Å². The zero-order valence-corrected chi connectivity index (χ0v) is 12.0. The van der Waals surface area contributed by atoms with Gasteiger partial charge in [-0.1, -0.05) is 42.5 Å². The molecule has 0 bridgehead atoms. The van der Waals surface area contributed by atoms with Crippen LogP contribution in [0, 0.1) is 0 Å². The van der Waals surface area contributed by atoms with Gasteiger partial charge in [0.05, 0.1) is 0 Å². The molecule has 4 aromatic rings. The van der Waals surface area contributed by atoms with Gasteiger partial charge in [0.25, 0.3) is 0 Å². The third-order valence-electron chi connectivity index (χ3n) is 3.64. The van der Waals surface area contributed by atoms with Gasteiger partial charge in [-0.25, -0.2) is 9.55 Å². The van der Waals surface area contributed by atoms with Crippen LogP contribution in [0.4, 0.5) is 0 Å². The van der Waals surface area contributed by atoms with Crippen molar-refractivity contribution < 1.29 is 8.98 Å². The first kappa shape index (κ1) is 12.8. The number of benzene rings is 2. The fourth-order valence-corrected chi connectivity index (χ4v) is 2.50. The van der Waals surface area contributed by atoms with E-state index in [1.54, 1.807) is 0 Å². The van der Waals surface area contributed by atoms with Crippen molar-refractivity contribution in [1.82, 2.24) is 4.98 Å². The zero-order valence-electron chi connectivity index (χ0n) is 12.0. The molecule has 0 saturated heterocycles. The van der Waals surface area contributed by atoms with Crippen LogP contribution in [0.15, 0.2) is 83.5 Å². The molecule has 0 aliphatic carbocycles. The average molecular weight is 287 g/mol. The Morgan fingerprint density at radius 3 is 2.32 bits per heavy atom. The van der Waals surface area contributed by atoms with Crippen LogP contribution in [0.2, 0.25) is 0 Å². The number of hydrogen-bond donors (Lipinski definition) is 0. The number of aromatic nitrogens is 2. The maximum Gasteiger partial charge on any atom is 0.227 e. The van der Waals surface area contributed by atoms with Gasteiger partial charge < -0.3 is 4.42 Å². The predicted octanol–water partition coefficient (Wildman–Crippen LogP) is 3.83. The van der Waals surface area contributed by atoms with Crippen LogP contribution in [0.1, 0.15) is 5.56 Å². The molecule has 4 rings (SSSR count). The highest BCUT2D eigenvalue weighted by Gasteiger charge is 2.09. The fourth-order valence-electron chi connectivity index (χ4n) is 2.50. The molecule has 106 valence electrons. The summed E-state index contributed by atoms with van der Waals surface area (Å²) >= 11 is 0. The van der Waals surface area contributed by atoms with Gasteiger partial charge in [0.2, 0.25) is 5.89 Å². The minimum absolute atomic E-state index is 0.660. The number of pyridine rings is 1. The largest absolute Gasteiger partial charge is 0.436 e. The number of para-hydroxylation sites is 2. The Balaban J connectivity index is 1.61. The Kier molecular flexibility index (Phi) is 3.16. The molecule has 2 aromatic heterocycles. The quantitative estimate of drug-likeness (QED) is 0.536. The monoisotopic (exact) mass is 287 g/mol. The Bertz CT molecular complexity index is 863. The van der Waals surface area contributed by atoms with E-state index in [1.807, 2.05) is 42.5 Å². The summed E-state index contributed by atoms with van der Waals surface area (Å²) in [6, 6.07) is 22.3. The van der Waals surface area contributed by atoms with Crippen LogP contribution in [0.25, 0.3) is 22.6 Å². The van der Waals surface area contributed by atoms with Crippen LogP contribution >= 0.6 is 0 Å². The van der Waals surface area contributed by atoms with Crippen molar-refractivity contribution in [2.75, 3.05) is 0 Å². The molecular formula is C19H15N2O+. The van der Waals surface area contributed by atoms with Crippen molar-refractivity contribution in [3.8, 4) is 11.5 Å². The third-order valence-corrected chi connectivity index (χ3v) is 3.64. The SMILES string of the molecule is c1ccc(C[n+]2ccc(-c3nc4ccccc4o3)cc2)cc1. The van der Waals surface area contributed by atoms with E-state index in [4.69, 9.17) is 4.42 Å². The van der Waals surface area contributed by atoms with Crippen LogP contribution < -0.4 is 4.57 Å². The third kappa shape index (κ3) is 2.49. The van der Waals surface area contributed by atoms with Crippen molar-refractivity contribution in [1.29, 1.82) is 0 Å². The van der Waals surface area contributed by atoms with Crippen molar-refractivity contribution in [3.05, 3.63) is 84.7 Å². The molecule has 0 amide bonds. The lowest BCUT2D eigenvalue weighted by Crippen LogP contribution is -2.32.